The molecule has 0 fully saturated rings. The number of fused-ring (bicyclic) bond motifs is 3. The summed E-state index contributed by atoms with van der Waals surface area (Å²) in [6.07, 6.45) is 1.63. The van der Waals surface area contributed by atoms with Gasteiger partial charge in [0.2, 0.25) is 5.88 Å². The molecule has 2 aromatic heterocycles. The monoisotopic (exact) mass is 277 g/mol. The van der Waals surface area contributed by atoms with Gasteiger partial charge in [0.15, 0.2) is 0 Å². The van der Waals surface area contributed by atoms with Gasteiger partial charge in [-0.1, -0.05) is 56.1 Å². The topological polar surface area (TPSA) is 33.1 Å². The highest BCUT2D eigenvalue weighted by Crippen LogP contribution is 2.56. The fourth-order valence-corrected chi connectivity index (χ4v) is 5.36. The zero-order valence-electron chi connectivity index (χ0n) is 10.7. The van der Waals surface area contributed by atoms with E-state index in [4.69, 9.17) is 0 Å². The molecule has 0 saturated carbocycles. The van der Waals surface area contributed by atoms with Crippen LogP contribution in [0, 0.1) is 0 Å². The number of hydrogen-bond donors (Lipinski definition) is 1. The van der Waals surface area contributed by atoms with Crippen molar-refractivity contribution in [2.75, 3.05) is 0 Å². The maximum absolute atomic E-state index is 10.1. The van der Waals surface area contributed by atoms with E-state index in [0.29, 0.717) is 0 Å². The van der Waals surface area contributed by atoms with Gasteiger partial charge in [-0.05, 0) is 22.9 Å². The first-order valence-corrected chi connectivity index (χ1v) is 7.83. The molecule has 2 heterocycles. The molecule has 0 aliphatic rings. The van der Waals surface area contributed by atoms with E-state index in [0.717, 1.165) is 5.30 Å². The normalized spacial score (nSPS) is 11.2. The van der Waals surface area contributed by atoms with E-state index in [2.05, 4.69) is 53.5 Å². The van der Waals surface area contributed by atoms with Gasteiger partial charge in [0.05, 0.1) is 5.30 Å². The molecule has 0 atom stereocenters. The van der Waals surface area contributed by atoms with E-state index in [1.807, 2.05) is 12.1 Å². The van der Waals surface area contributed by atoms with Gasteiger partial charge in [-0.2, -0.15) is 0 Å². The second-order valence-corrected chi connectivity index (χ2v) is 6.83. The molecule has 2 nitrogen and oxygen atoms in total. The number of rotatable bonds is 1. The maximum Gasteiger partial charge on any atom is 0.222 e. The van der Waals surface area contributed by atoms with Crippen LogP contribution in [0.1, 0.15) is 0 Å². The molecular weight excluding hydrogens is 265 g/mol. The van der Waals surface area contributed by atoms with E-state index >= 15 is 0 Å². The number of aromatic nitrogens is 1. The second kappa shape index (κ2) is 4.36. The van der Waals surface area contributed by atoms with Gasteiger partial charge in [-0.25, -0.2) is 4.98 Å². The van der Waals surface area contributed by atoms with Gasteiger partial charge >= 0.3 is 0 Å². The zero-order chi connectivity index (χ0) is 13.5. The first-order chi connectivity index (χ1) is 9.86. The van der Waals surface area contributed by atoms with Gasteiger partial charge in [0, 0.05) is 16.4 Å². The summed E-state index contributed by atoms with van der Waals surface area (Å²) in [7, 11) is -0.705. The Morgan fingerprint density at radius 2 is 1.35 bits per heavy atom. The Bertz CT molecular complexity index is 873. The summed E-state index contributed by atoms with van der Waals surface area (Å²) in [5.41, 5.74) is 0. The lowest BCUT2D eigenvalue weighted by molar-refractivity contribution is 0.457. The molecule has 0 aliphatic carbocycles. The summed E-state index contributed by atoms with van der Waals surface area (Å²) >= 11 is 0. The van der Waals surface area contributed by atoms with Gasteiger partial charge < -0.3 is 5.11 Å². The van der Waals surface area contributed by atoms with Gasteiger partial charge in [0.1, 0.15) is 0 Å². The first-order valence-electron chi connectivity index (χ1n) is 6.49. The third kappa shape index (κ3) is 1.55. The van der Waals surface area contributed by atoms with Crippen LogP contribution in [0.2, 0.25) is 0 Å². The van der Waals surface area contributed by atoms with Crippen LogP contribution in [-0.4, -0.2) is 10.1 Å². The number of nitrogens with zero attached hydrogens (tertiary/aromatic N) is 1. The molecule has 0 unspecified atom stereocenters. The van der Waals surface area contributed by atoms with Crippen molar-refractivity contribution in [1.82, 2.24) is 4.98 Å². The average Bonchev–Trinajstić information content (AvgIpc) is 2.83. The number of hydrogen-bond acceptors (Lipinski definition) is 2. The van der Waals surface area contributed by atoms with Crippen LogP contribution in [0.5, 0.6) is 5.88 Å². The van der Waals surface area contributed by atoms with Crippen LogP contribution in [0.3, 0.4) is 0 Å². The Labute approximate surface area is 117 Å². The molecule has 0 amide bonds. The molecule has 4 aromatic rings. The first kappa shape index (κ1) is 11.5. The van der Waals surface area contributed by atoms with E-state index in [1.54, 1.807) is 6.20 Å². The van der Waals surface area contributed by atoms with Crippen molar-refractivity contribution in [3.63, 3.8) is 0 Å². The minimum absolute atomic E-state index is 0.144. The van der Waals surface area contributed by atoms with E-state index in [1.165, 1.54) is 21.0 Å². The molecule has 3 heteroatoms. The van der Waals surface area contributed by atoms with Crippen LogP contribution >= 0.6 is 7.53 Å². The van der Waals surface area contributed by atoms with Crippen molar-refractivity contribution in [3.8, 4) is 11.2 Å². The van der Waals surface area contributed by atoms with Crippen LogP contribution in [-0.2, 0) is 0 Å². The molecular formula is C17H12NOP. The Hall–Kier alpha value is -2.31. The minimum atomic E-state index is -0.705. The maximum atomic E-state index is 10.1. The van der Waals surface area contributed by atoms with Crippen LogP contribution in [0.4, 0.5) is 0 Å². The van der Waals surface area contributed by atoms with Crippen molar-refractivity contribution < 1.29 is 5.11 Å². The van der Waals surface area contributed by atoms with Gasteiger partial charge in [-0.15, -0.1) is 0 Å². The molecule has 0 spiro atoms. The van der Waals surface area contributed by atoms with Crippen molar-refractivity contribution in [2.45, 2.75) is 0 Å². The molecule has 96 valence electrons. The molecule has 0 saturated heterocycles. The third-order valence-electron chi connectivity index (χ3n) is 3.59. The third-order valence-corrected chi connectivity index (χ3v) is 6.16. The van der Waals surface area contributed by atoms with Crippen LogP contribution in [0.15, 0.2) is 66.9 Å². The standard InChI is InChI=1S/C17H12NOP/c19-17-16(10-5-11-18-17)20-14-8-3-1-6-12(14)13-7-2-4-9-15(13)20/h1-11H,(H,18,19). The van der Waals surface area contributed by atoms with Crippen LogP contribution in [0.25, 0.3) is 26.3 Å². The molecule has 0 aliphatic heterocycles. The molecule has 1 N–H and O–H groups in total. The number of pyridine rings is 1. The molecule has 0 radical (unpaired) electrons. The fraction of sp³-hybridized carbons (Fsp3) is 0. The van der Waals surface area contributed by atoms with Crippen molar-refractivity contribution >= 4 is 28.5 Å². The SMILES string of the molecule is Oc1ncccc1-p1c2ccccc2c2ccccc21. The fourth-order valence-electron chi connectivity index (χ4n) is 2.75. The van der Waals surface area contributed by atoms with E-state index in [-0.39, 0.29) is 5.88 Å². The summed E-state index contributed by atoms with van der Waals surface area (Å²) in [5, 5.41) is 16.2. The molecule has 0 bridgehead atoms. The molecule has 2 aromatic carbocycles. The summed E-state index contributed by atoms with van der Waals surface area (Å²) in [6.45, 7) is 0. The van der Waals surface area contributed by atoms with Crippen molar-refractivity contribution in [1.29, 1.82) is 0 Å². The van der Waals surface area contributed by atoms with E-state index < -0.39 is 7.53 Å². The predicted octanol–water partition coefficient (Wildman–Crippen LogP) is 5.07. The van der Waals surface area contributed by atoms with Crippen LogP contribution < -0.4 is 0 Å². The molecule has 4 rings (SSSR count). The average molecular weight is 277 g/mol. The summed E-state index contributed by atoms with van der Waals surface area (Å²) in [4.78, 5) is 4.04. The highest BCUT2D eigenvalue weighted by Gasteiger charge is 2.15. The minimum Gasteiger partial charge on any atom is -0.493 e. The Kier molecular flexibility index (Phi) is 2.51. The van der Waals surface area contributed by atoms with E-state index in [9.17, 15) is 5.11 Å². The quantitative estimate of drug-likeness (QED) is 0.527. The Morgan fingerprint density at radius 1 is 0.750 bits per heavy atom. The lowest BCUT2D eigenvalue weighted by Crippen LogP contribution is -1.74. The number of benzene rings is 2. The second-order valence-electron chi connectivity index (χ2n) is 4.72. The summed E-state index contributed by atoms with van der Waals surface area (Å²) in [5.74, 6) is 0.144. The highest BCUT2D eigenvalue weighted by atomic mass is 31.1. The van der Waals surface area contributed by atoms with Crippen molar-refractivity contribution in [3.05, 3.63) is 66.9 Å². The summed E-state index contributed by atoms with van der Waals surface area (Å²) in [6, 6.07) is 20.8. The van der Waals surface area contributed by atoms with Crippen molar-refractivity contribution in [2.24, 2.45) is 0 Å². The Balaban J connectivity index is 2.24. The number of aromatic hydroxyl groups is 1. The highest BCUT2D eigenvalue weighted by molar-refractivity contribution is 7.68. The summed E-state index contributed by atoms with van der Waals surface area (Å²) < 4.78 is 0. The Morgan fingerprint density at radius 3 is 1.95 bits per heavy atom. The lowest BCUT2D eigenvalue weighted by Gasteiger charge is -2.04. The largest absolute Gasteiger partial charge is 0.493 e. The smallest absolute Gasteiger partial charge is 0.222 e. The lowest BCUT2D eigenvalue weighted by atomic mass is 10.2. The van der Waals surface area contributed by atoms with Gasteiger partial charge in [-0.3, -0.25) is 0 Å². The van der Waals surface area contributed by atoms with Gasteiger partial charge in [0.25, 0.3) is 0 Å². The molecule has 20 heavy (non-hydrogen) atoms. The zero-order valence-corrected chi connectivity index (χ0v) is 11.6. The predicted molar refractivity (Wildman–Crippen MR) is 85.0 cm³/mol.